The van der Waals surface area contributed by atoms with Gasteiger partial charge in [-0.1, -0.05) is 47.5 Å². The van der Waals surface area contributed by atoms with Crippen molar-refractivity contribution in [1.29, 1.82) is 0 Å². The zero-order valence-corrected chi connectivity index (χ0v) is 27.8. The molecule has 0 atom stereocenters. The maximum Gasteiger partial charge on any atom is 0.338 e. The Morgan fingerprint density at radius 3 is 1.98 bits per heavy atom. The molecule has 7 aromatic rings. The summed E-state index contributed by atoms with van der Waals surface area (Å²) < 4.78 is 11.8. The van der Waals surface area contributed by atoms with Gasteiger partial charge in [0.05, 0.1) is 36.4 Å². The lowest BCUT2D eigenvalue weighted by Gasteiger charge is -2.09. The molecule has 0 radical (unpaired) electrons. The minimum Gasteiger partial charge on any atom is -0.465 e. The quantitative estimate of drug-likeness (QED) is 0.169. The van der Waals surface area contributed by atoms with Crippen LogP contribution in [0.3, 0.4) is 0 Å². The van der Waals surface area contributed by atoms with Gasteiger partial charge in [0.15, 0.2) is 0 Å². The highest BCUT2D eigenvalue weighted by Gasteiger charge is 2.15. The van der Waals surface area contributed by atoms with Crippen LogP contribution in [0.1, 0.15) is 43.0 Å². The molecule has 3 aromatic heterocycles. The summed E-state index contributed by atoms with van der Waals surface area (Å²) in [6.07, 6.45) is 5.21. The summed E-state index contributed by atoms with van der Waals surface area (Å²) in [4.78, 5) is 31.4. The van der Waals surface area contributed by atoms with E-state index in [1.165, 1.54) is 14.2 Å². The van der Waals surface area contributed by atoms with Gasteiger partial charge in [-0.2, -0.15) is 0 Å². The van der Waals surface area contributed by atoms with Gasteiger partial charge in [0.25, 0.3) is 0 Å². The number of aromatic nitrogens is 3. The van der Waals surface area contributed by atoms with Crippen LogP contribution in [-0.2, 0) is 22.3 Å². The molecule has 0 aliphatic carbocycles. The number of nitrogens with one attached hydrogen (secondary N) is 1. The van der Waals surface area contributed by atoms with E-state index in [1.807, 2.05) is 47.5 Å². The maximum absolute atomic E-state index is 12.0. The van der Waals surface area contributed by atoms with Crippen LogP contribution in [0.2, 0.25) is 10.0 Å². The number of methoxy groups -OCH3 is 2. The van der Waals surface area contributed by atoms with Crippen LogP contribution in [0, 0.1) is 0 Å². The fourth-order valence-electron chi connectivity index (χ4n) is 5.49. The third-order valence-corrected chi connectivity index (χ3v) is 8.83. The van der Waals surface area contributed by atoms with Crippen LogP contribution in [0.5, 0.6) is 0 Å². The van der Waals surface area contributed by atoms with Gasteiger partial charge >= 0.3 is 11.9 Å². The molecule has 0 saturated heterocycles. The first-order valence-corrected chi connectivity index (χ1v) is 16.3. The number of rotatable bonds is 7. The number of benzene rings is 4. The second kappa shape index (κ2) is 14.3. The van der Waals surface area contributed by atoms with Crippen LogP contribution < -0.4 is 0 Å². The molecule has 0 fully saturated rings. The Kier molecular flexibility index (Phi) is 9.73. The number of halogens is 2. The number of ether oxygens (including phenoxy) is 2. The number of thiazole rings is 1. The lowest BCUT2D eigenvalue weighted by atomic mass is 9.99. The highest BCUT2D eigenvalue weighted by Crippen LogP contribution is 2.26. The molecule has 3 heterocycles. The van der Waals surface area contributed by atoms with Crippen molar-refractivity contribution in [3.63, 3.8) is 0 Å². The van der Waals surface area contributed by atoms with Gasteiger partial charge in [-0.15, -0.1) is 11.3 Å². The molecule has 0 spiro atoms. The molecule has 7 nitrogen and oxygen atoms in total. The normalized spacial score (nSPS) is 10.9. The summed E-state index contributed by atoms with van der Waals surface area (Å²) in [5.41, 5.74) is 9.08. The van der Waals surface area contributed by atoms with Gasteiger partial charge in [-0.25, -0.2) is 14.6 Å². The fourth-order valence-corrected chi connectivity index (χ4v) is 6.36. The third kappa shape index (κ3) is 7.25. The molecule has 236 valence electrons. The van der Waals surface area contributed by atoms with E-state index in [0.717, 1.165) is 49.9 Å². The van der Waals surface area contributed by atoms with Gasteiger partial charge in [-0.05, 0) is 101 Å². The topological polar surface area (TPSA) is 86.2 Å². The van der Waals surface area contributed by atoms with Crippen molar-refractivity contribution in [1.82, 2.24) is 14.5 Å². The van der Waals surface area contributed by atoms with Gasteiger partial charge in [0.1, 0.15) is 5.82 Å². The molecule has 0 amide bonds. The van der Waals surface area contributed by atoms with Gasteiger partial charge < -0.3 is 19.0 Å². The highest BCUT2D eigenvalue weighted by molar-refractivity contribution is 7.07. The van der Waals surface area contributed by atoms with Crippen molar-refractivity contribution >= 4 is 68.3 Å². The van der Waals surface area contributed by atoms with E-state index in [2.05, 4.69) is 50.9 Å². The van der Waals surface area contributed by atoms with E-state index in [1.54, 1.807) is 35.6 Å². The minimum absolute atomic E-state index is 0.366. The molecule has 47 heavy (non-hydrogen) atoms. The Hall–Kier alpha value is -4.89. The largest absolute Gasteiger partial charge is 0.465 e. The first kappa shape index (κ1) is 32.1. The zero-order valence-electron chi connectivity index (χ0n) is 25.5. The van der Waals surface area contributed by atoms with Crippen molar-refractivity contribution < 1.29 is 19.1 Å². The number of esters is 2. The summed E-state index contributed by atoms with van der Waals surface area (Å²) in [5.74, 6) is 0.178. The monoisotopic (exact) mass is 681 g/mol. The standard InChI is InChI=1S/C20H15ClN2O2S.C17H14ClNO2/c1-25-20(24)17-10-16(21)4-3-14(17)8-13-2-5-18-15(9-13)6-7-23(18)19-11-26-12-22-19;1-21-17(20)15-10-14(18)4-3-12(15)8-11-2-5-16-13(9-11)6-7-19-16/h2-7,9-12H,8H2,1H3;2-7,9-10,19H,8H2,1H3. The third-order valence-electron chi connectivity index (χ3n) is 7.78. The number of fused-ring (bicyclic) bond motifs is 2. The van der Waals surface area contributed by atoms with Gasteiger partial charge in [-0.3, -0.25) is 0 Å². The Labute approximate surface area is 285 Å². The highest BCUT2D eigenvalue weighted by atomic mass is 35.5. The van der Waals surface area contributed by atoms with E-state index in [0.29, 0.717) is 34.0 Å². The number of aromatic amines is 1. The summed E-state index contributed by atoms with van der Waals surface area (Å²) in [5, 5.41) is 5.35. The van der Waals surface area contributed by atoms with Crippen molar-refractivity contribution in [2.24, 2.45) is 0 Å². The second-order valence-electron chi connectivity index (χ2n) is 10.8. The number of hydrogen-bond acceptors (Lipinski definition) is 6. The fraction of sp³-hybridized carbons (Fsp3) is 0.108. The molecular weight excluding hydrogens is 653 g/mol. The van der Waals surface area contributed by atoms with Crippen LogP contribution in [0.15, 0.2) is 108 Å². The number of H-pyrrole nitrogens is 1. The van der Waals surface area contributed by atoms with Crippen LogP contribution in [0.4, 0.5) is 0 Å². The van der Waals surface area contributed by atoms with Crippen molar-refractivity contribution in [3.8, 4) is 5.82 Å². The smallest absolute Gasteiger partial charge is 0.338 e. The van der Waals surface area contributed by atoms with E-state index in [-0.39, 0.29) is 11.9 Å². The van der Waals surface area contributed by atoms with Crippen molar-refractivity contribution in [3.05, 3.63) is 152 Å². The van der Waals surface area contributed by atoms with Crippen LogP contribution in [-0.4, -0.2) is 40.7 Å². The van der Waals surface area contributed by atoms with Crippen molar-refractivity contribution in [2.45, 2.75) is 12.8 Å². The minimum atomic E-state index is -0.377. The molecule has 0 aliphatic rings. The predicted molar refractivity (Wildman–Crippen MR) is 188 cm³/mol. The van der Waals surface area contributed by atoms with Crippen molar-refractivity contribution in [2.75, 3.05) is 14.2 Å². The molecule has 10 heteroatoms. The predicted octanol–water partition coefficient (Wildman–Crippen LogP) is 9.32. The number of nitrogens with zero attached hydrogens (tertiary/aromatic N) is 2. The Bertz CT molecular complexity index is 2200. The average Bonchev–Trinajstić information content (AvgIpc) is 3.87. The molecule has 0 aliphatic heterocycles. The van der Waals surface area contributed by atoms with Crippen LogP contribution in [0.25, 0.3) is 27.6 Å². The number of carbonyl (C=O) groups excluding carboxylic acids is 2. The first-order chi connectivity index (χ1) is 22.8. The molecule has 0 saturated carbocycles. The molecule has 7 rings (SSSR count). The Balaban J connectivity index is 0.000000168. The van der Waals surface area contributed by atoms with E-state index >= 15 is 0 Å². The van der Waals surface area contributed by atoms with Gasteiger partial charge in [0.2, 0.25) is 0 Å². The molecule has 0 bridgehead atoms. The van der Waals surface area contributed by atoms with E-state index in [9.17, 15) is 9.59 Å². The summed E-state index contributed by atoms with van der Waals surface area (Å²) in [7, 11) is 2.75. The first-order valence-electron chi connectivity index (χ1n) is 14.6. The molecule has 0 unspecified atom stereocenters. The SMILES string of the molecule is COC(=O)c1cc(Cl)ccc1Cc1ccc2[nH]ccc2c1.COC(=O)c1cc(Cl)ccc1Cc1ccc2c(ccn2-c2cscn2)c1. The maximum atomic E-state index is 12.0. The summed E-state index contributed by atoms with van der Waals surface area (Å²) >= 11 is 13.6. The molecule has 1 N–H and O–H groups in total. The molecule has 4 aromatic carbocycles. The summed E-state index contributed by atoms with van der Waals surface area (Å²) in [6, 6.07) is 27.2. The number of carbonyl (C=O) groups is 2. The lowest BCUT2D eigenvalue weighted by Crippen LogP contribution is -2.06. The second-order valence-corrected chi connectivity index (χ2v) is 12.4. The Morgan fingerprint density at radius 2 is 1.38 bits per heavy atom. The van der Waals surface area contributed by atoms with Gasteiger partial charge in [0, 0.05) is 38.7 Å². The molecular formula is C37H29Cl2N3O4S. The van der Waals surface area contributed by atoms with E-state index < -0.39 is 0 Å². The Morgan fingerprint density at radius 1 is 0.766 bits per heavy atom. The van der Waals surface area contributed by atoms with E-state index in [4.69, 9.17) is 32.7 Å². The number of hydrogen-bond donors (Lipinski definition) is 1. The lowest BCUT2D eigenvalue weighted by molar-refractivity contribution is 0.0590. The zero-order chi connectivity index (χ0) is 32.9. The summed E-state index contributed by atoms with van der Waals surface area (Å²) in [6.45, 7) is 0. The average molecular weight is 683 g/mol. The van der Waals surface area contributed by atoms with Crippen LogP contribution >= 0.6 is 34.5 Å².